The van der Waals surface area contributed by atoms with Gasteiger partial charge in [-0.25, -0.2) is 4.79 Å². The van der Waals surface area contributed by atoms with E-state index < -0.39 is 0 Å². The highest BCUT2D eigenvalue weighted by Gasteiger charge is 2.21. The summed E-state index contributed by atoms with van der Waals surface area (Å²) in [6.07, 6.45) is 1.20. The molecule has 0 spiro atoms. The first-order valence-electron chi connectivity index (χ1n) is 4.84. The van der Waals surface area contributed by atoms with Crippen molar-refractivity contribution in [3.63, 3.8) is 0 Å². The van der Waals surface area contributed by atoms with Crippen LogP contribution in [0.3, 0.4) is 0 Å². The number of rotatable bonds is 1. The van der Waals surface area contributed by atoms with Gasteiger partial charge in [-0.15, -0.1) is 0 Å². The van der Waals surface area contributed by atoms with Gasteiger partial charge in [0.25, 0.3) is 0 Å². The van der Waals surface area contributed by atoms with Gasteiger partial charge in [0.15, 0.2) is 0 Å². The molecule has 14 heavy (non-hydrogen) atoms. The summed E-state index contributed by atoms with van der Waals surface area (Å²) in [6, 6.07) is 0. The van der Waals surface area contributed by atoms with Crippen molar-refractivity contribution < 1.29 is 9.53 Å². The van der Waals surface area contributed by atoms with Gasteiger partial charge in [0.05, 0.1) is 6.10 Å². The average molecular weight is 199 g/mol. The third kappa shape index (κ3) is 2.90. The number of piperidine rings is 1. The maximum Gasteiger partial charge on any atom is 0.410 e. The summed E-state index contributed by atoms with van der Waals surface area (Å²) in [7, 11) is 0. The van der Waals surface area contributed by atoms with Crippen LogP contribution in [0.4, 0.5) is 4.79 Å². The molecule has 0 atom stereocenters. The minimum atomic E-state index is -0.240. The Labute approximate surface area is 83.9 Å². The van der Waals surface area contributed by atoms with Crippen molar-refractivity contribution >= 4 is 11.8 Å². The van der Waals surface area contributed by atoms with Crippen LogP contribution in [0, 0.1) is 0 Å². The number of ether oxygens (including phenoxy) is 1. The Kier molecular flexibility index (Phi) is 3.73. The number of hydrazone groups is 1. The largest absolute Gasteiger partial charge is 0.447 e. The lowest BCUT2D eigenvalue weighted by Crippen LogP contribution is -2.40. The Balaban J connectivity index is 2.38. The summed E-state index contributed by atoms with van der Waals surface area (Å²) in [5.41, 5.74) is 0.971. The van der Waals surface area contributed by atoms with E-state index in [1.807, 2.05) is 13.8 Å². The highest BCUT2D eigenvalue weighted by Crippen LogP contribution is 2.09. The number of hydrogen-bond acceptors (Lipinski definition) is 4. The molecule has 0 aromatic heterocycles. The molecule has 1 amide bonds. The molecule has 2 N–H and O–H groups in total. The Morgan fingerprint density at radius 2 is 2.07 bits per heavy atom. The summed E-state index contributed by atoms with van der Waals surface area (Å²) < 4.78 is 5.07. The summed E-state index contributed by atoms with van der Waals surface area (Å²) in [5.74, 6) is 5.16. The number of amides is 1. The van der Waals surface area contributed by atoms with Crippen molar-refractivity contribution in [3.8, 4) is 0 Å². The quantitative estimate of drug-likeness (QED) is 0.505. The fourth-order valence-electron chi connectivity index (χ4n) is 1.35. The molecule has 5 nitrogen and oxygen atoms in total. The first-order chi connectivity index (χ1) is 6.63. The van der Waals surface area contributed by atoms with Crippen molar-refractivity contribution in [2.75, 3.05) is 13.1 Å². The van der Waals surface area contributed by atoms with Crippen molar-refractivity contribution in [3.05, 3.63) is 0 Å². The highest BCUT2D eigenvalue weighted by molar-refractivity contribution is 5.86. The van der Waals surface area contributed by atoms with Gasteiger partial charge in [-0.05, 0) is 13.8 Å². The average Bonchev–Trinajstić information content (AvgIpc) is 2.17. The second-order valence-corrected chi connectivity index (χ2v) is 3.61. The zero-order chi connectivity index (χ0) is 10.6. The maximum absolute atomic E-state index is 11.4. The van der Waals surface area contributed by atoms with Crippen LogP contribution < -0.4 is 5.84 Å². The molecule has 1 saturated heterocycles. The monoisotopic (exact) mass is 199 g/mol. The molecule has 0 aromatic carbocycles. The molecule has 0 aromatic rings. The van der Waals surface area contributed by atoms with Crippen molar-refractivity contribution in [2.24, 2.45) is 10.9 Å². The maximum atomic E-state index is 11.4. The smallest absolute Gasteiger partial charge is 0.410 e. The van der Waals surface area contributed by atoms with Crippen molar-refractivity contribution in [2.45, 2.75) is 32.8 Å². The Morgan fingerprint density at radius 1 is 1.50 bits per heavy atom. The molecule has 1 aliphatic heterocycles. The number of nitrogens with two attached hydrogens (primary N) is 1. The van der Waals surface area contributed by atoms with Gasteiger partial charge in [-0.3, -0.25) is 0 Å². The van der Waals surface area contributed by atoms with Crippen LogP contribution in [0.1, 0.15) is 26.7 Å². The number of carbonyl (C=O) groups is 1. The summed E-state index contributed by atoms with van der Waals surface area (Å²) in [4.78, 5) is 13.1. The first kappa shape index (κ1) is 10.8. The summed E-state index contributed by atoms with van der Waals surface area (Å²) in [5, 5.41) is 3.64. The molecule has 0 radical (unpaired) electrons. The van der Waals surface area contributed by atoms with E-state index in [4.69, 9.17) is 10.6 Å². The fourth-order valence-corrected chi connectivity index (χ4v) is 1.35. The van der Waals surface area contributed by atoms with Gasteiger partial charge in [-0.2, -0.15) is 5.10 Å². The van der Waals surface area contributed by atoms with E-state index in [-0.39, 0.29) is 12.2 Å². The van der Waals surface area contributed by atoms with Gasteiger partial charge in [0.1, 0.15) is 0 Å². The molecule has 1 fully saturated rings. The molecular weight excluding hydrogens is 182 g/mol. The van der Waals surface area contributed by atoms with Crippen LogP contribution in [-0.4, -0.2) is 35.9 Å². The second-order valence-electron chi connectivity index (χ2n) is 3.61. The Hall–Kier alpha value is -1.26. The van der Waals surface area contributed by atoms with E-state index in [0.717, 1.165) is 18.6 Å². The van der Waals surface area contributed by atoms with E-state index in [1.54, 1.807) is 4.90 Å². The van der Waals surface area contributed by atoms with Crippen LogP contribution in [0.15, 0.2) is 5.10 Å². The lowest BCUT2D eigenvalue weighted by Gasteiger charge is -2.27. The Morgan fingerprint density at radius 3 is 2.50 bits per heavy atom. The van der Waals surface area contributed by atoms with Crippen LogP contribution in [0.2, 0.25) is 0 Å². The molecule has 80 valence electrons. The van der Waals surface area contributed by atoms with Crippen LogP contribution in [0.5, 0.6) is 0 Å². The summed E-state index contributed by atoms with van der Waals surface area (Å²) in [6.45, 7) is 4.99. The fraction of sp³-hybridized carbons (Fsp3) is 0.778. The molecule has 0 saturated carbocycles. The predicted molar refractivity (Wildman–Crippen MR) is 54.0 cm³/mol. The van der Waals surface area contributed by atoms with Crippen molar-refractivity contribution in [1.82, 2.24) is 4.90 Å². The number of nitrogens with zero attached hydrogens (tertiary/aromatic N) is 2. The van der Waals surface area contributed by atoms with Crippen LogP contribution in [0.25, 0.3) is 0 Å². The third-order valence-corrected chi connectivity index (χ3v) is 2.12. The minimum Gasteiger partial charge on any atom is -0.447 e. The van der Waals surface area contributed by atoms with Gasteiger partial charge >= 0.3 is 6.09 Å². The lowest BCUT2D eigenvalue weighted by atomic mass is 10.1. The van der Waals surface area contributed by atoms with Gasteiger partial charge in [-0.1, -0.05) is 0 Å². The molecule has 0 bridgehead atoms. The number of likely N-dealkylation sites (tertiary alicyclic amines) is 1. The van der Waals surface area contributed by atoms with E-state index in [9.17, 15) is 4.79 Å². The summed E-state index contributed by atoms with van der Waals surface area (Å²) >= 11 is 0. The zero-order valence-electron chi connectivity index (χ0n) is 8.69. The SMILES string of the molecule is CC(C)OC(=O)N1CCC(=NN)CC1. The molecule has 1 heterocycles. The van der Waals surface area contributed by atoms with Crippen molar-refractivity contribution in [1.29, 1.82) is 0 Å². The molecule has 5 heteroatoms. The Bertz CT molecular complexity index is 228. The number of carbonyl (C=O) groups excluding carboxylic acids is 1. The van der Waals surface area contributed by atoms with Gasteiger partial charge in [0.2, 0.25) is 0 Å². The van der Waals surface area contributed by atoms with E-state index >= 15 is 0 Å². The number of hydrogen-bond donors (Lipinski definition) is 1. The van der Waals surface area contributed by atoms with Crippen LogP contribution >= 0.6 is 0 Å². The second kappa shape index (κ2) is 4.83. The van der Waals surface area contributed by atoms with E-state index in [1.165, 1.54) is 0 Å². The molecule has 0 unspecified atom stereocenters. The molecule has 1 aliphatic rings. The van der Waals surface area contributed by atoms with Crippen LogP contribution in [-0.2, 0) is 4.74 Å². The molecule has 0 aliphatic carbocycles. The minimum absolute atomic E-state index is 0.0629. The normalized spacial score (nSPS) is 17.1. The van der Waals surface area contributed by atoms with E-state index in [0.29, 0.717) is 13.1 Å². The van der Waals surface area contributed by atoms with Gasteiger partial charge in [0, 0.05) is 31.6 Å². The zero-order valence-corrected chi connectivity index (χ0v) is 8.69. The molecule has 1 rings (SSSR count). The standard InChI is InChI=1S/C9H17N3O2/c1-7(2)14-9(13)12-5-3-8(11-10)4-6-12/h7H,3-6,10H2,1-2H3. The van der Waals surface area contributed by atoms with E-state index in [2.05, 4.69) is 5.10 Å². The van der Waals surface area contributed by atoms with Gasteiger partial charge < -0.3 is 15.5 Å². The predicted octanol–water partition coefficient (Wildman–Crippen LogP) is 0.942. The molecular formula is C9H17N3O2. The third-order valence-electron chi connectivity index (χ3n) is 2.12. The highest BCUT2D eigenvalue weighted by atomic mass is 16.6. The lowest BCUT2D eigenvalue weighted by molar-refractivity contribution is 0.0766. The first-order valence-corrected chi connectivity index (χ1v) is 4.84. The topological polar surface area (TPSA) is 67.9 Å².